The van der Waals surface area contributed by atoms with E-state index in [0.29, 0.717) is 6.10 Å². The minimum absolute atomic E-state index is 0.0246. The van der Waals surface area contributed by atoms with E-state index in [0.717, 1.165) is 54.9 Å². The summed E-state index contributed by atoms with van der Waals surface area (Å²) in [5, 5.41) is 1.32. The highest BCUT2D eigenvalue weighted by Gasteiger charge is 2.32. The van der Waals surface area contributed by atoms with E-state index in [1.165, 1.54) is 11.8 Å². The third-order valence-corrected chi connectivity index (χ3v) is 7.48. The van der Waals surface area contributed by atoms with Crippen LogP contribution in [0.2, 0.25) is 0 Å². The van der Waals surface area contributed by atoms with Gasteiger partial charge in [0.25, 0.3) is 0 Å². The molecule has 140 valence electrons. The van der Waals surface area contributed by atoms with Crippen LogP contribution in [0.3, 0.4) is 0 Å². The van der Waals surface area contributed by atoms with Gasteiger partial charge < -0.3 is 4.74 Å². The molecular formula is C21H26O4S. The summed E-state index contributed by atoms with van der Waals surface area (Å²) in [4.78, 5) is 12.7. The van der Waals surface area contributed by atoms with Crippen LogP contribution in [0.5, 0.6) is 5.75 Å². The molecular weight excluding hydrogens is 348 g/mol. The number of benzene rings is 1. The molecule has 4 atom stereocenters. The quantitative estimate of drug-likeness (QED) is 0.783. The molecule has 1 saturated carbocycles. The molecule has 5 heteroatoms. The van der Waals surface area contributed by atoms with Crippen molar-refractivity contribution in [1.29, 1.82) is 0 Å². The van der Waals surface area contributed by atoms with Crippen molar-refractivity contribution in [2.75, 3.05) is 5.75 Å². The highest BCUT2D eigenvalue weighted by Crippen LogP contribution is 2.35. The Bertz CT molecular complexity index is 840. The minimum Gasteiger partial charge on any atom is -0.490 e. The maximum absolute atomic E-state index is 12.7. The molecule has 3 aliphatic rings. The van der Waals surface area contributed by atoms with Gasteiger partial charge in [0, 0.05) is 16.9 Å². The van der Waals surface area contributed by atoms with Gasteiger partial charge in [-0.05, 0) is 74.1 Å². The molecule has 1 aliphatic heterocycles. The summed E-state index contributed by atoms with van der Waals surface area (Å²) in [6.07, 6.45) is 7.76. The van der Waals surface area contributed by atoms with Crippen LogP contribution in [0.1, 0.15) is 54.9 Å². The molecule has 0 saturated heterocycles. The zero-order valence-corrected chi connectivity index (χ0v) is 16.0. The number of ketones is 1. The lowest BCUT2D eigenvalue weighted by Crippen LogP contribution is -2.12. The maximum atomic E-state index is 12.7. The number of ether oxygens (including phenoxy) is 1. The van der Waals surface area contributed by atoms with E-state index in [2.05, 4.69) is 6.92 Å². The SMILES string of the molecule is CC1CCC(Oc2ccc3c(c2)CC(CCC2C=CS(=O)(=O)C2)C3=O)C1. The number of Topliss-reactive ketones (excluding diaryl/α,β-unsaturated/α-hetero) is 1. The Kier molecular flexibility index (Phi) is 4.68. The van der Waals surface area contributed by atoms with Gasteiger partial charge in [0.15, 0.2) is 15.6 Å². The first-order valence-electron chi connectivity index (χ1n) is 9.64. The van der Waals surface area contributed by atoms with Crippen molar-refractivity contribution in [2.45, 2.75) is 51.6 Å². The van der Waals surface area contributed by atoms with E-state index in [4.69, 9.17) is 4.74 Å². The average Bonchev–Trinajstić information content (AvgIpc) is 3.24. The molecule has 2 aliphatic carbocycles. The van der Waals surface area contributed by atoms with Crippen molar-refractivity contribution in [2.24, 2.45) is 17.8 Å². The zero-order chi connectivity index (χ0) is 18.3. The first-order valence-corrected chi connectivity index (χ1v) is 11.4. The number of hydrogen-bond acceptors (Lipinski definition) is 4. The predicted octanol–water partition coefficient (Wildman–Crippen LogP) is 3.95. The van der Waals surface area contributed by atoms with Crippen molar-refractivity contribution in [3.05, 3.63) is 40.8 Å². The topological polar surface area (TPSA) is 60.4 Å². The normalized spacial score (nSPS) is 32.1. The fourth-order valence-corrected chi connectivity index (χ4v) is 6.00. The zero-order valence-electron chi connectivity index (χ0n) is 15.2. The van der Waals surface area contributed by atoms with Gasteiger partial charge in [0.1, 0.15) is 5.75 Å². The van der Waals surface area contributed by atoms with Crippen molar-refractivity contribution in [1.82, 2.24) is 0 Å². The fraction of sp³-hybridized carbons (Fsp3) is 0.571. The van der Waals surface area contributed by atoms with Crippen LogP contribution in [-0.4, -0.2) is 26.1 Å². The minimum atomic E-state index is -3.01. The van der Waals surface area contributed by atoms with Crippen LogP contribution in [0, 0.1) is 17.8 Å². The molecule has 4 unspecified atom stereocenters. The van der Waals surface area contributed by atoms with E-state index in [1.54, 1.807) is 6.08 Å². The lowest BCUT2D eigenvalue weighted by Gasteiger charge is -2.14. The lowest BCUT2D eigenvalue weighted by molar-refractivity contribution is 0.0928. The van der Waals surface area contributed by atoms with E-state index >= 15 is 0 Å². The molecule has 0 aromatic heterocycles. The highest BCUT2D eigenvalue weighted by molar-refractivity contribution is 7.94. The summed E-state index contributed by atoms with van der Waals surface area (Å²) in [7, 11) is -3.01. The van der Waals surface area contributed by atoms with Gasteiger partial charge in [-0.1, -0.05) is 13.0 Å². The summed E-state index contributed by atoms with van der Waals surface area (Å²) in [5.41, 5.74) is 1.90. The molecule has 0 radical (unpaired) electrons. The number of hydrogen-bond donors (Lipinski definition) is 0. The molecule has 1 aromatic rings. The van der Waals surface area contributed by atoms with Gasteiger partial charge in [-0.15, -0.1) is 0 Å². The monoisotopic (exact) mass is 374 g/mol. The first-order chi connectivity index (χ1) is 12.4. The Morgan fingerprint density at radius 2 is 2.04 bits per heavy atom. The number of carbonyl (C=O) groups is 1. The van der Waals surface area contributed by atoms with Crippen LogP contribution >= 0.6 is 0 Å². The van der Waals surface area contributed by atoms with Crippen LogP contribution < -0.4 is 4.74 Å². The molecule has 26 heavy (non-hydrogen) atoms. The van der Waals surface area contributed by atoms with Crippen LogP contribution in [0.15, 0.2) is 29.7 Å². The second-order valence-corrected chi connectivity index (χ2v) is 10.2. The maximum Gasteiger partial charge on any atom is 0.171 e. The molecule has 0 amide bonds. The smallest absolute Gasteiger partial charge is 0.171 e. The Hall–Kier alpha value is -1.62. The summed E-state index contributed by atoms with van der Waals surface area (Å²) in [5.74, 6) is 2.03. The Morgan fingerprint density at radius 1 is 1.19 bits per heavy atom. The molecule has 1 aromatic carbocycles. The van der Waals surface area contributed by atoms with Gasteiger partial charge in [-0.25, -0.2) is 8.42 Å². The largest absolute Gasteiger partial charge is 0.490 e. The molecule has 0 spiro atoms. The first kappa shape index (κ1) is 17.8. The number of fused-ring (bicyclic) bond motifs is 1. The summed E-state index contributed by atoms with van der Waals surface area (Å²) >= 11 is 0. The van der Waals surface area contributed by atoms with E-state index in [1.807, 2.05) is 18.2 Å². The van der Waals surface area contributed by atoms with Gasteiger partial charge in [-0.3, -0.25) is 4.79 Å². The molecule has 4 nitrogen and oxygen atoms in total. The van der Waals surface area contributed by atoms with Gasteiger partial charge >= 0.3 is 0 Å². The summed E-state index contributed by atoms with van der Waals surface area (Å²) in [6, 6.07) is 5.87. The molecule has 0 N–H and O–H groups in total. The predicted molar refractivity (Wildman–Crippen MR) is 101 cm³/mol. The summed E-state index contributed by atoms with van der Waals surface area (Å²) in [6.45, 7) is 2.26. The number of rotatable bonds is 5. The number of allylic oxidation sites excluding steroid dienone is 1. The number of sulfone groups is 1. The Balaban J connectivity index is 1.37. The lowest BCUT2D eigenvalue weighted by atomic mass is 9.94. The van der Waals surface area contributed by atoms with Crippen molar-refractivity contribution in [3.8, 4) is 5.75 Å². The van der Waals surface area contributed by atoms with Crippen molar-refractivity contribution >= 4 is 15.6 Å². The second-order valence-electron chi connectivity index (χ2n) is 8.24. The van der Waals surface area contributed by atoms with Crippen LogP contribution in [0.4, 0.5) is 0 Å². The third-order valence-electron chi connectivity index (χ3n) is 6.02. The van der Waals surface area contributed by atoms with Crippen LogP contribution in [-0.2, 0) is 16.3 Å². The van der Waals surface area contributed by atoms with Gasteiger partial charge in [0.2, 0.25) is 0 Å². The van der Waals surface area contributed by atoms with Gasteiger partial charge in [-0.2, -0.15) is 0 Å². The van der Waals surface area contributed by atoms with E-state index in [-0.39, 0.29) is 23.4 Å². The van der Waals surface area contributed by atoms with Crippen LogP contribution in [0.25, 0.3) is 0 Å². The standard InChI is InChI=1S/C21H26O4S/c1-14-2-5-18(10-14)25-19-6-7-20-17(12-19)11-16(21(20)22)4-3-15-8-9-26(23,24)13-15/h6-9,12,14-16,18H,2-5,10-11,13H2,1H3. The molecule has 0 bridgehead atoms. The van der Waals surface area contributed by atoms with Crippen molar-refractivity contribution in [3.63, 3.8) is 0 Å². The second kappa shape index (κ2) is 6.84. The highest BCUT2D eigenvalue weighted by atomic mass is 32.2. The molecule has 1 heterocycles. The van der Waals surface area contributed by atoms with E-state index in [9.17, 15) is 13.2 Å². The molecule has 1 fully saturated rings. The Labute approximate surface area is 155 Å². The van der Waals surface area contributed by atoms with Gasteiger partial charge in [0.05, 0.1) is 11.9 Å². The Morgan fingerprint density at radius 3 is 2.73 bits per heavy atom. The summed E-state index contributed by atoms with van der Waals surface area (Å²) < 4.78 is 29.1. The number of carbonyl (C=O) groups excluding carboxylic acids is 1. The van der Waals surface area contributed by atoms with Crippen molar-refractivity contribution < 1.29 is 17.9 Å². The fourth-order valence-electron chi connectivity index (χ4n) is 4.55. The average molecular weight is 375 g/mol. The third kappa shape index (κ3) is 3.73. The van der Waals surface area contributed by atoms with E-state index < -0.39 is 9.84 Å². The molecule has 4 rings (SSSR count).